The Morgan fingerprint density at radius 1 is 1.17 bits per heavy atom. The van der Waals surface area contributed by atoms with Gasteiger partial charge in [0.05, 0.1) is 35.6 Å². The lowest BCUT2D eigenvalue weighted by molar-refractivity contribution is -0.162. The van der Waals surface area contributed by atoms with Crippen molar-refractivity contribution in [3.63, 3.8) is 0 Å². The third-order valence-electron chi connectivity index (χ3n) is 7.06. The van der Waals surface area contributed by atoms with Crippen molar-refractivity contribution in [3.05, 3.63) is 12.7 Å². The first kappa shape index (κ1) is 38.5. The van der Waals surface area contributed by atoms with Crippen molar-refractivity contribution in [2.45, 2.75) is 71.1 Å². The third kappa shape index (κ3) is 13.0. The van der Waals surface area contributed by atoms with E-state index in [1.165, 1.54) is 39.8 Å². The number of carbonyl (C=O) groups is 3. The van der Waals surface area contributed by atoms with Crippen molar-refractivity contribution in [1.29, 1.82) is 0 Å². The Morgan fingerprint density at radius 2 is 1.79 bits per heavy atom. The molecule has 1 rings (SSSR count). The number of hydrogen-bond donors (Lipinski definition) is 4. The van der Waals surface area contributed by atoms with Crippen molar-refractivity contribution in [1.82, 2.24) is 5.32 Å². The van der Waals surface area contributed by atoms with E-state index in [2.05, 4.69) is 11.9 Å². The number of hydrogen-bond acceptors (Lipinski definition) is 12. The number of rotatable bonds is 18. The highest BCUT2D eigenvalue weighted by atomic mass is 32.2. The fourth-order valence-corrected chi connectivity index (χ4v) is 9.63. The quantitative estimate of drug-likeness (QED) is 0.0710. The van der Waals surface area contributed by atoms with Gasteiger partial charge < -0.3 is 33.9 Å². The first-order valence-electron chi connectivity index (χ1n) is 13.6. The minimum atomic E-state index is -4.38. The summed E-state index contributed by atoms with van der Waals surface area (Å²) in [6.07, 6.45) is 0.475. The van der Waals surface area contributed by atoms with Crippen LogP contribution in [-0.4, -0.2) is 111 Å². The SMILES string of the molecule is C=CC(=O)OC1CC(COC(=O)C(C)(C)CC(CSC[Si](CO)(OC)OC)C(=O)NC(C)(C)CS(=O)(=O)O)CCC1O. The van der Waals surface area contributed by atoms with Gasteiger partial charge in [-0.3, -0.25) is 14.1 Å². The van der Waals surface area contributed by atoms with Crippen LogP contribution < -0.4 is 5.32 Å². The second-order valence-electron chi connectivity index (χ2n) is 11.9. The van der Waals surface area contributed by atoms with Gasteiger partial charge in [0.2, 0.25) is 5.91 Å². The molecule has 0 bridgehead atoms. The molecule has 16 heteroatoms. The zero-order valence-corrected chi connectivity index (χ0v) is 27.9. The third-order valence-corrected chi connectivity index (χ3v) is 13.3. The van der Waals surface area contributed by atoms with Gasteiger partial charge in [-0.1, -0.05) is 6.58 Å². The maximum absolute atomic E-state index is 13.4. The van der Waals surface area contributed by atoms with Crippen molar-refractivity contribution >= 4 is 48.3 Å². The molecule has 0 heterocycles. The van der Waals surface area contributed by atoms with Crippen LogP contribution >= 0.6 is 11.8 Å². The van der Waals surface area contributed by atoms with Gasteiger partial charge in [0.25, 0.3) is 10.1 Å². The van der Waals surface area contributed by atoms with Gasteiger partial charge in [0.15, 0.2) is 0 Å². The van der Waals surface area contributed by atoms with Crippen LogP contribution in [0.3, 0.4) is 0 Å². The van der Waals surface area contributed by atoms with E-state index in [0.717, 1.165) is 6.08 Å². The highest BCUT2D eigenvalue weighted by Gasteiger charge is 2.40. The molecule has 4 N–H and O–H groups in total. The number of aliphatic hydroxyl groups is 2. The highest BCUT2D eigenvalue weighted by Crippen LogP contribution is 2.32. The monoisotopic (exact) mass is 657 g/mol. The van der Waals surface area contributed by atoms with E-state index in [-0.39, 0.29) is 30.9 Å². The molecule has 0 radical (unpaired) electrons. The Kier molecular flexibility index (Phi) is 15.1. The largest absolute Gasteiger partial charge is 0.465 e. The lowest BCUT2D eigenvalue weighted by Crippen LogP contribution is -2.52. The summed E-state index contributed by atoms with van der Waals surface area (Å²) < 4.78 is 53.9. The Hall–Kier alpha value is -1.53. The maximum Gasteiger partial charge on any atom is 0.374 e. The maximum atomic E-state index is 13.4. The molecule has 4 atom stereocenters. The molecule has 0 saturated heterocycles. The Morgan fingerprint density at radius 3 is 2.31 bits per heavy atom. The highest BCUT2D eigenvalue weighted by molar-refractivity contribution is 8.00. The number of nitrogens with one attached hydrogen (secondary N) is 1. The Bertz CT molecular complexity index is 1020. The first-order chi connectivity index (χ1) is 19.3. The minimum absolute atomic E-state index is 0.0381. The summed E-state index contributed by atoms with van der Waals surface area (Å²) in [5.41, 5.74) is -2.43. The van der Waals surface area contributed by atoms with Gasteiger partial charge in [0, 0.05) is 37.3 Å². The molecule has 1 aliphatic carbocycles. The minimum Gasteiger partial charge on any atom is -0.465 e. The Balaban J connectivity index is 2.97. The zero-order valence-electron chi connectivity index (χ0n) is 25.3. The van der Waals surface area contributed by atoms with Crippen LogP contribution in [0.5, 0.6) is 0 Å². The van der Waals surface area contributed by atoms with Gasteiger partial charge >= 0.3 is 20.5 Å². The molecule has 1 aliphatic rings. The zero-order chi connectivity index (χ0) is 32.4. The van der Waals surface area contributed by atoms with E-state index in [1.807, 2.05) is 0 Å². The van der Waals surface area contributed by atoms with Crippen LogP contribution in [0.25, 0.3) is 0 Å². The number of aliphatic hydroxyl groups excluding tert-OH is 2. The van der Waals surface area contributed by atoms with Gasteiger partial charge in [-0.2, -0.15) is 20.2 Å². The first-order valence-corrected chi connectivity index (χ1v) is 18.6. The van der Waals surface area contributed by atoms with Gasteiger partial charge in [-0.25, -0.2) is 4.79 Å². The van der Waals surface area contributed by atoms with Crippen LogP contribution in [0.4, 0.5) is 0 Å². The molecule has 1 fully saturated rings. The van der Waals surface area contributed by atoms with E-state index in [1.54, 1.807) is 13.8 Å². The summed E-state index contributed by atoms with van der Waals surface area (Å²) in [5, 5.41) is 22.9. The van der Waals surface area contributed by atoms with E-state index in [4.69, 9.17) is 18.3 Å². The van der Waals surface area contributed by atoms with Gasteiger partial charge in [-0.05, 0) is 59.3 Å². The standard InChI is InChI=1S/C26H47NO12S2Si/c1-8-22(30)39-21-11-18(9-10-20(21)29)13-38-24(32)25(2,3)12-19(14-40-17-42(16-28,36-6)37-7)23(31)27-26(4,5)15-41(33,34)35/h8,18-21,28-29H,1,9-17H2,2-7H3,(H,27,31)(H,33,34,35). The predicted molar refractivity (Wildman–Crippen MR) is 159 cm³/mol. The number of esters is 2. The molecule has 0 spiro atoms. The van der Waals surface area contributed by atoms with E-state index in [9.17, 15) is 37.6 Å². The molecule has 0 aromatic carbocycles. The second-order valence-corrected chi connectivity index (χ2v) is 18.2. The molecule has 0 aromatic heterocycles. The molecule has 1 saturated carbocycles. The number of amides is 1. The summed E-state index contributed by atoms with van der Waals surface area (Å²) in [6, 6.07) is 0. The summed E-state index contributed by atoms with van der Waals surface area (Å²) in [4.78, 5) is 38.1. The molecule has 244 valence electrons. The lowest BCUT2D eigenvalue weighted by atomic mass is 9.82. The van der Waals surface area contributed by atoms with E-state index >= 15 is 0 Å². The van der Waals surface area contributed by atoms with Crippen LogP contribution in [0, 0.1) is 17.3 Å². The van der Waals surface area contributed by atoms with Gasteiger partial charge in [0.1, 0.15) is 6.10 Å². The van der Waals surface area contributed by atoms with Crippen molar-refractivity contribution < 1.29 is 55.9 Å². The summed E-state index contributed by atoms with van der Waals surface area (Å²) in [6.45, 7) is 9.59. The van der Waals surface area contributed by atoms with Crippen LogP contribution in [0.15, 0.2) is 12.7 Å². The van der Waals surface area contributed by atoms with Crippen LogP contribution in [-0.2, 0) is 42.8 Å². The summed E-state index contributed by atoms with van der Waals surface area (Å²) >= 11 is 1.30. The fourth-order valence-electron chi connectivity index (χ4n) is 4.65. The van der Waals surface area contributed by atoms with Crippen LogP contribution in [0.2, 0.25) is 0 Å². The molecule has 4 unspecified atom stereocenters. The molecular weight excluding hydrogens is 611 g/mol. The van der Waals surface area contributed by atoms with Crippen molar-refractivity contribution in [3.8, 4) is 0 Å². The summed E-state index contributed by atoms with van der Waals surface area (Å²) in [5.74, 6) is -3.16. The predicted octanol–water partition coefficient (Wildman–Crippen LogP) is 1.14. The topological polar surface area (TPSA) is 195 Å². The average Bonchev–Trinajstić information content (AvgIpc) is 2.89. The lowest BCUT2D eigenvalue weighted by Gasteiger charge is -2.34. The fraction of sp³-hybridized carbons (Fsp3) is 0.808. The van der Waals surface area contributed by atoms with Gasteiger partial charge in [-0.15, -0.1) is 0 Å². The number of thioether (sulfide) groups is 1. The molecule has 13 nitrogen and oxygen atoms in total. The van der Waals surface area contributed by atoms with E-state index < -0.39 is 71.4 Å². The smallest absolute Gasteiger partial charge is 0.374 e. The number of carbonyl (C=O) groups excluding carboxylic acids is 3. The second kappa shape index (κ2) is 16.5. The Labute approximate surface area is 254 Å². The summed E-state index contributed by atoms with van der Waals surface area (Å²) in [7, 11) is -4.41. The number of ether oxygens (including phenoxy) is 2. The molecule has 42 heavy (non-hydrogen) atoms. The van der Waals surface area contributed by atoms with Crippen molar-refractivity contribution in [2.24, 2.45) is 17.3 Å². The van der Waals surface area contributed by atoms with E-state index in [0.29, 0.717) is 24.6 Å². The molecule has 0 aromatic rings. The normalized spacial score (nSPS) is 20.8. The molecular formula is C26H47NO12S2Si. The molecule has 1 amide bonds. The van der Waals surface area contributed by atoms with Crippen LogP contribution in [0.1, 0.15) is 53.4 Å². The van der Waals surface area contributed by atoms with Crippen molar-refractivity contribution in [2.75, 3.05) is 43.9 Å². The average molecular weight is 658 g/mol. The molecule has 0 aliphatic heterocycles.